The van der Waals surface area contributed by atoms with Crippen LogP contribution in [-0.2, 0) is 9.59 Å². The predicted octanol–water partition coefficient (Wildman–Crippen LogP) is 4.44. The van der Waals surface area contributed by atoms with Crippen LogP contribution in [0.4, 0.5) is 11.4 Å². The zero-order valence-electron chi connectivity index (χ0n) is 27.4. The number of carbonyl (C=O) groups is 4. The molecule has 12 nitrogen and oxygen atoms in total. The summed E-state index contributed by atoms with van der Waals surface area (Å²) in [6.07, 6.45) is 0.306. The number of carbonyl (C=O) groups excluding carboxylic acids is 4. The lowest BCUT2D eigenvalue weighted by molar-refractivity contribution is -0.120. The molecule has 1 aromatic heterocycles. The first-order chi connectivity index (χ1) is 24.7. The molecule has 2 saturated heterocycles. The Morgan fingerprint density at radius 2 is 1.04 bits per heavy atom. The van der Waals surface area contributed by atoms with Gasteiger partial charge < -0.3 is 35.1 Å². The molecule has 2 fully saturated rings. The lowest BCUT2D eigenvalue weighted by atomic mass is 10.1. The van der Waals surface area contributed by atoms with Crippen LogP contribution in [-0.4, -0.2) is 86.0 Å². The number of β-amino-alcohol motifs (C(OH)–C–C–N with tert-alkyl or cyclic N) is 2. The number of anilines is 2. The summed E-state index contributed by atoms with van der Waals surface area (Å²) in [5.41, 5.74) is 3.34. The van der Waals surface area contributed by atoms with Crippen LogP contribution in [0, 0.1) is 0 Å². The molecule has 4 N–H and O–H groups in total. The minimum Gasteiger partial charge on any atom is -0.436 e. The summed E-state index contributed by atoms with van der Waals surface area (Å²) in [6.45, 7) is 0.160. The molecule has 2 aliphatic heterocycles. The number of aliphatic hydroxyl groups is 2. The van der Waals surface area contributed by atoms with Gasteiger partial charge in [-0.25, -0.2) is 4.98 Å². The highest BCUT2D eigenvalue weighted by molar-refractivity contribution is 6.02. The van der Waals surface area contributed by atoms with E-state index in [2.05, 4.69) is 15.6 Å². The van der Waals surface area contributed by atoms with E-state index in [4.69, 9.17) is 4.42 Å². The Bertz CT molecular complexity index is 1890. The van der Waals surface area contributed by atoms with Crippen LogP contribution in [0.2, 0.25) is 0 Å². The van der Waals surface area contributed by atoms with Crippen molar-refractivity contribution in [2.24, 2.45) is 0 Å². The van der Waals surface area contributed by atoms with Crippen LogP contribution in [0.5, 0.6) is 0 Å². The van der Waals surface area contributed by atoms with Crippen molar-refractivity contribution < 1.29 is 33.8 Å². The first kappa shape index (κ1) is 33.4. The second-order valence-electron chi connectivity index (χ2n) is 12.6. The zero-order chi connectivity index (χ0) is 35.5. The van der Waals surface area contributed by atoms with Gasteiger partial charge in [-0.1, -0.05) is 36.4 Å². The number of hydrogen-bond donors (Lipinski definition) is 4. The molecule has 3 heterocycles. The van der Waals surface area contributed by atoms with Crippen molar-refractivity contribution in [1.82, 2.24) is 14.8 Å². The molecule has 0 unspecified atom stereocenters. The van der Waals surface area contributed by atoms with Crippen LogP contribution < -0.4 is 10.6 Å². The standard InChI is InChI=1S/C39H35N5O7/c45-30-19-32(43(22-30)38(49)26-7-3-1-4-8-26)35(47)41-28-15-11-24(12-16-28)34-21-40-37(51-34)25-13-17-29(18-14-25)42-36(48)33-20-31(46)23-44(33)39(50)27-9-5-2-6-10-27/h1-18,21,30-33,45-46H,19-20,22-23H2,(H,41,47)(H,42,48)/t30-,31-,32+,33+/m1/s1. The Kier molecular flexibility index (Phi) is 9.42. The van der Waals surface area contributed by atoms with Gasteiger partial charge in [0.2, 0.25) is 17.7 Å². The maximum atomic E-state index is 13.2. The number of nitrogens with zero attached hydrogens (tertiary/aromatic N) is 3. The maximum Gasteiger partial charge on any atom is 0.254 e. The van der Waals surface area contributed by atoms with Crippen molar-refractivity contribution in [2.75, 3.05) is 23.7 Å². The number of hydrogen-bond acceptors (Lipinski definition) is 8. The fourth-order valence-corrected chi connectivity index (χ4v) is 6.47. The van der Waals surface area contributed by atoms with Gasteiger partial charge in [-0.05, 0) is 72.8 Å². The number of aromatic nitrogens is 1. The minimum absolute atomic E-state index is 0.0795. The van der Waals surface area contributed by atoms with E-state index in [1.807, 2.05) is 0 Å². The number of aliphatic hydroxyl groups excluding tert-OH is 2. The van der Waals surface area contributed by atoms with Gasteiger partial charge in [0.25, 0.3) is 11.8 Å². The van der Waals surface area contributed by atoms with Crippen molar-refractivity contribution in [2.45, 2.75) is 37.1 Å². The smallest absolute Gasteiger partial charge is 0.254 e. The Morgan fingerprint density at radius 3 is 1.49 bits per heavy atom. The minimum atomic E-state index is -0.810. The largest absolute Gasteiger partial charge is 0.436 e. The van der Waals surface area contributed by atoms with E-state index in [1.165, 1.54) is 9.80 Å². The van der Waals surface area contributed by atoms with Crippen LogP contribution in [0.15, 0.2) is 120 Å². The van der Waals surface area contributed by atoms with Gasteiger partial charge in [-0.15, -0.1) is 0 Å². The van der Waals surface area contributed by atoms with Gasteiger partial charge in [-0.3, -0.25) is 19.2 Å². The predicted molar refractivity (Wildman–Crippen MR) is 188 cm³/mol. The summed E-state index contributed by atoms with van der Waals surface area (Å²) in [5, 5.41) is 26.2. The third-order valence-corrected chi connectivity index (χ3v) is 9.07. The molecule has 5 aromatic rings. The Hall–Kier alpha value is -6.11. The van der Waals surface area contributed by atoms with E-state index in [9.17, 15) is 29.4 Å². The molecule has 258 valence electrons. The van der Waals surface area contributed by atoms with Gasteiger partial charge >= 0.3 is 0 Å². The van der Waals surface area contributed by atoms with E-state index in [0.29, 0.717) is 39.7 Å². The Labute approximate surface area is 293 Å². The summed E-state index contributed by atoms with van der Waals surface area (Å²) in [5.74, 6) is -0.528. The normalized spacial score (nSPS) is 19.9. The number of likely N-dealkylation sites (tertiary alicyclic amines) is 2. The van der Waals surface area contributed by atoms with Gasteiger partial charge in [-0.2, -0.15) is 0 Å². The Morgan fingerprint density at radius 1 is 0.608 bits per heavy atom. The average Bonchev–Trinajstić information content (AvgIpc) is 3.91. The molecule has 7 rings (SSSR count). The van der Waals surface area contributed by atoms with E-state index in [1.54, 1.807) is 115 Å². The molecule has 0 aliphatic carbocycles. The fourth-order valence-electron chi connectivity index (χ4n) is 6.47. The lowest BCUT2D eigenvalue weighted by Gasteiger charge is -2.23. The lowest BCUT2D eigenvalue weighted by Crippen LogP contribution is -2.43. The molecule has 0 bridgehead atoms. The molecule has 0 saturated carbocycles. The summed E-state index contributed by atoms with van der Waals surface area (Å²) >= 11 is 0. The SMILES string of the molecule is O=C(Nc1ccc(-c2cnc(-c3ccc(NC(=O)[C@@H]4C[C@@H](O)CN4C(=O)c4ccccc4)cc3)o2)cc1)[C@@H]1C[C@@H](O)CN1C(=O)c1ccccc1. The van der Waals surface area contributed by atoms with Crippen molar-refractivity contribution in [1.29, 1.82) is 0 Å². The van der Waals surface area contributed by atoms with Crippen LogP contribution in [0.25, 0.3) is 22.8 Å². The first-order valence-corrected chi connectivity index (χ1v) is 16.6. The van der Waals surface area contributed by atoms with Crippen molar-refractivity contribution in [3.63, 3.8) is 0 Å². The monoisotopic (exact) mass is 685 g/mol. The van der Waals surface area contributed by atoms with Crippen LogP contribution >= 0.6 is 0 Å². The highest BCUT2D eigenvalue weighted by Crippen LogP contribution is 2.29. The second-order valence-corrected chi connectivity index (χ2v) is 12.6. The second kappa shape index (κ2) is 14.4. The highest BCUT2D eigenvalue weighted by Gasteiger charge is 2.40. The number of rotatable bonds is 8. The summed E-state index contributed by atoms with van der Waals surface area (Å²) in [4.78, 5) is 59.7. The topological polar surface area (TPSA) is 165 Å². The molecule has 4 amide bonds. The maximum absolute atomic E-state index is 13.2. The first-order valence-electron chi connectivity index (χ1n) is 16.6. The summed E-state index contributed by atoms with van der Waals surface area (Å²) in [6, 6.07) is 29.7. The van der Waals surface area contributed by atoms with Gasteiger partial charge in [0.15, 0.2) is 5.76 Å². The highest BCUT2D eigenvalue weighted by atomic mass is 16.4. The number of nitrogens with one attached hydrogen (secondary N) is 2. The molecule has 12 heteroatoms. The van der Waals surface area contributed by atoms with Crippen LogP contribution in [0.1, 0.15) is 33.6 Å². The average molecular weight is 686 g/mol. The third-order valence-electron chi connectivity index (χ3n) is 9.07. The van der Waals surface area contributed by atoms with Gasteiger partial charge in [0, 0.05) is 59.6 Å². The molecule has 2 aliphatic rings. The molecule has 51 heavy (non-hydrogen) atoms. The molecule has 4 atom stereocenters. The van der Waals surface area contributed by atoms with Gasteiger partial charge in [0.05, 0.1) is 18.4 Å². The van der Waals surface area contributed by atoms with Crippen molar-refractivity contribution >= 4 is 35.0 Å². The van der Waals surface area contributed by atoms with E-state index in [-0.39, 0.29) is 49.6 Å². The van der Waals surface area contributed by atoms with Crippen molar-refractivity contribution in [3.05, 3.63) is 127 Å². The third kappa shape index (κ3) is 7.28. The Balaban J connectivity index is 0.964. The van der Waals surface area contributed by atoms with E-state index < -0.39 is 24.3 Å². The van der Waals surface area contributed by atoms with E-state index >= 15 is 0 Å². The number of benzene rings is 4. The number of oxazole rings is 1. The molecule has 4 aromatic carbocycles. The zero-order valence-corrected chi connectivity index (χ0v) is 27.4. The molecular formula is C39H35N5O7. The quantitative estimate of drug-likeness (QED) is 0.186. The molecule has 0 spiro atoms. The summed E-state index contributed by atoms with van der Waals surface area (Å²) in [7, 11) is 0. The van der Waals surface area contributed by atoms with Gasteiger partial charge in [0.1, 0.15) is 12.1 Å². The van der Waals surface area contributed by atoms with Crippen molar-refractivity contribution in [3.8, 4) is 22.8 Å². The molecule has 0 radical (unpaired) electrons. The van der Waals surface area contributed by atoms with Crippen LogP contribution in [0.3, 0.4) is 0 Å². The fraction of sp³-hybridized carbons (Fsp3) is 0.205. The number of amides is 4. The summed E-state index contributed by atoms with van der Waals surface area (Å²) < 4.78 is 6.02. The molecular weight excluding hydrogens is 650 g/mol. The van der Waals surface area contributed by atoms with E-state index in [0.717, 1.165) is 5.56 Å².